The van der Waals surface area contributed by atoms with E-state index < -0.39 is 5.41 Å². The third kappa shape index (κ3) is 1.76. The minimum absolute atomic E-state index is 0.00310. The fourth-order valence-electron chi connectivity index (χ4n) is 2.50. The van der Waals surface area contributed by atoms with Crippen LogP contribution in [0.2, 0.25) is 0 Å². The van der Waals surface area contributed by atoms with Gasteiger partial charge >= 0.3 is 6.03 Å². The maximum Gasteiger partial charge on any atom is 0.320 e. The summed E-state index contributed by atoms with van der Waals surface area (Å²) in [5.74, 6) is -0.00310. The van der Waals surface area contributed by atoms with E-state index in [4.69, 9.17) is 0 Å². The fraction of sp³-hybridized carbons (Fsp3) is 0.818. The smallest absolute Gasteiger partial charge is 0.320 e. The fourth-order valence-corrected chi connectivity index (χ4v) is 2.50. The lowest BCUT2D eigenvalue weighted by Gasteiger charge is -2.32. The van der Waals surface area contributed by atoms with Gasteiger partial charge in [-0.05, 0) is 27.4 Å². The SMILES string of the molecule is CCN(C)CN1C(=O)NC2NC(=O)C(C)(C)C21. The molecule has 2 rings (SSSR count). The summed E-state index contributed by atoms with van der Waals surface area (Å²) >= 11 is 0. The standard InChI is InChI=1S/C11H20N4O2/c1-5-14(4)6-15-7-8(13-10(15)17)12-9(16)11(7,2)3/h7-8H,5-6H2,1-4H3,(H,12,16)(H,13,17). The number of hydrogen-bond donors (Lipinski definition) is 2. The molecule has 2 aliphatic rings. The van der Waals surface area contributed by atoms with Gasteiger partial charge in [0, 0.05) is 0 Å². The van der Waals surface area contributed by atoms with Gasteiger partial charge in [-0.1, -0.05) is 6.92 Å². The van der Waals surface area contributed by atoms with E-state index in [1.807, 2.05) is 32.7 Å². The molecule has 6 heteroatoms. The summed E-state index contributed by atoms with van der Waals surface area (Å²) in [6.07, 6.45) is -0.254. The highest BCUT2D eigenvalue weighted by molar-refractivity contribution is 5.90. The maximum atomic E-state index is 11.9. The topological polar surface area (TPSA) is 64.7 Å². The molecule has 96 valence electrons. The quantitative estimate of drug-likeness (QED) is 0.716. The van der Waals surface area contributed by atoms with Gasteiger partial charge in [0.05, 0.1) is 18.1 Å². The van der Waals surface area contributed by atoms with Crippen molar-refractivity contribution in [1.82, 2.24) is 20.4 Å². The predicted molar refractivity (Wildman–Crippen MR) is 63.0 cm³/mol. The summed E-state index contributed by atoms with van der Waals surface area (Å²) in [5, 5.41) is 5.64. The third-order valence-electron chi connectivity index (χ3n) is 3.74. The van der Waals surface area contributed by atoms with Gasteiger partial charge in [0.25, 0.3) is 0 Å². The molecular weight excluding hydrogens is 220 g/mol. The van der Waals surface area contributed by atoms with Crippen LogP contribution in [0.1, 0.15) is 20.8 Å². The van der Waals surface area contributed by atoms with Crippen molar-refractivity contribution < 1.29 is 9.59 Å². The van der Waals surface area contributed by atoms with Gasteiger partial charge in [-0.2, -0.15) is 0 Å². The molecule has 2 saturated heterocycles. The van der Waals surface area contributed by atoms with Crippen LogP contribution in [0, 0.1) is 5.41 Å². The van der Waals surface area contributed by atoms with E-state index in [1.54, 1.807) is 4.90 Å². The van der Waals surface area contributed by atoms with E-state index in [9.17, 15) is 9.59 Å². The second-order valence-electron chi connectivity index (χ2n) is 5.35. The normalized spacial score (nSPS) is 30.5. The average molecular weight is 240 g/mol. The first kappa shape index (κ1) is 12.2. The van der Waals surface area contributed by atoms with Crippen molar-refractivity contribution in [3.8, 4) is 0 Å². The van der Waals surface area contributed by atoms with E-state index in [1.165, 1.54) is 0 Å². The van der Waals surface area contributed by atoms with Crippen molar-refractivity contribution in [3.63, 3.8) is 0 Å². The summed E-state index contributed by atoms with van der Waals surface area (Å²) in [6, 6.07) is -0.218. The molecule has 0 radical (unpaired) electrons. The Hall–Kier alpha value is -1.30. The van der Waals surface area contributed by atoms with Crippen molar-refractivity contribution in [2.75, 3.05) is 20.3 Å². The Labute approximate surface area is 101 Å². The van der Waals surface area contributed by atoms with Gasteiger partial charge in [0.15, 0.2) is 0 Å². The second kappa shape index (κ2) is 3.87. The molecule has 2 unspecified atom stereocenters. The van der Waals surface area contributed by atoms with Crippen molar-refractivity contribution in [3.05, 3.63) is 0 Å². The highest BCUT2D eigenvalue weighted by atomic mass is 16.2. The molecule has 0 aliphatic carbocycles. The van der Waals surface area contributed by atoms with Gasteiger partial charge < -0.3 is 15.5 Å². The number of nitrogens with zero attached hydrogens (tertiary/aromatic N) is 2. The monoisotopic (exact) mass is 240 g/mol. The molecule has 6 nitrogen and oxygen atoms in total. The van der Waals surface area contributed by atoms with Crippen molar-refractivity contribution in [2.24, 2.45) is 5.41 Å². The summed E-state index contributed by atoms with van der Waals surface area (Å²) in [7, 11) is 1.96. The molecule has 2 aliphatic heterocycles. The molecule has 0 aromatic carbocycles. The van der Waals surface area contributed by atoms with Crippen molar-refractivity contribution >= 4 is 11.9 Å². The Kier molecular flexibility index (Phi) is 2.77. The minimum atomic E-state index is -0.543. The number of carbonyl (C=O) groups is 2. The molecular formula is C11H20N4O2. The Balaban J connectivity index is 2.21. The molecule has 0 saturated carbocycles. The van der Waals surface area contributed by atoms with Crippen LogP contribution >= 0.6 is 0 Å². The molecule has 17 heavy (non-hydrogen) atoms. The zero-order chi connectivity index (χ0) is 12.8. The van der Waals surface area contributed by atoms with Gasteiger partial charge in [0.2, 0.25) is 5.91 Å². The zero-order valence-corrected chi connectivity index (χ0v) is 10.8. The van der Waals surface area contributed by atoms with Crippen LogP contribution in [0.25, 0.3) is 0 Å². The van der Waals surface area contributed by atoms with Crippen molar-refractivity contribution in [2.45, 2.75) is 33.0 Å². The van der Waals surface area contributed by atoms with Crippen LogP contribution in [0.4, 0.5) is 4.79 Å². The maximum absolute atomic E-state index is 11.9. The molecule has 0 aromatic rings. The molecule has 0 aromatic heterocycles. The number of carbonyl (C=O) groups excluding carboxylic acids is 2. The van der Waals surface area contributed by atoms with Crippen molar-refractivity contribution in [1.29, 1.82) is 0 Å². The highest BCUT2D eigenvalue weighted by Crippen LogP contribution is 2.35. The molecule has 2 heterocycles. The third-order valence-corrected chi connectivity index (χ3v) is 3.74. The number of urea groups is 1. The molecule has 0 bridgehead atoms. The lowest BCUT2D eigenvalue weighted by atomic mass is 9.86. The second-order valence-corrected chi connectivity index (χ2v) is 5.35. The Morgan fingerprint density at radius 2 is 2.00 bits per heavy atom. The molecule has 0 spiro atoms. The molecule has 2 N–H and O–H groups in total. The number of fused-ring (bicyclic) bond motifs is 1. The van der Waals surface area contributed by atoms with Crippen LogP contribution < -0.4 is 10.6 Å². The summed E-state index contributed by atoms with van der Waals surface area (Å²) in [4.78, 5) is 27.5. The summed E-state index contributed by atoms with van der Waals surface area (Å²) < 4.78 is 0. The van der Waals surface area contributed by atoms with E-state index in [2.05, 4.69) is 10.6 Å². The Morgan fingerprint density at radius 3 is 2.59 bits per heavy atom. The largest absolute Gasteiger partial charge is 0.333 e. The lowest BCUT2D eigenvalue weighted by Crippen LogP contribution is -2.48. The highest BCUT2D eigenvalue weighted by Gasteiger charge is 2.57. The van der Waals surface area contributed by atoms with E-state index in [0.29, 0.717) is 6.67 Å². The minimum Gasteiger partial charge on any atom is -0.333 e. The Morgan fingerprint density at radius 1 is 1.35 bits per heavy atom. The number of amides is 3. The molecule has 2 atom stereocenters. The Bertz CT molecular complexity index is 355. The lowest BCUT2D eigenvalue weighted by molar-refractivity contribution is -0.127. The van der Waals surface area contributed by atoms with Crippen LogP contribution in [0.5, 0.6) is 0 Å². The first-order chi connectivity index (χ1) is 7.87. The predicted octanol–water partition coefficient (Wildman–Crippen LogP) is -0.228. The van der Waals surface area contributed by atoms with E-state index >= 15 is 0 Å². The average Bonchev–Trinajstić information content (AvgIpc) is 2.65. The number of nitrogens with one attached hydrogen (secondary N) is 2. The molecule has 3 amide bonds. The first-order valence-corrected chi connectivity index (χ1v) is 5.94. The van der Waals surface area contributed by atoms with Gasteiger partial charge in [0.1, 0.15) is 6.17 Å². The van der Waals surface area contributed by atoms with E-state index in [-0.39, 0.29) is 24.1 Å². The molecule has 2 fully saturated rings. The zero-order valence-electron chi connectivity index (χ0n) is 10.8. The van der Waals surface area contributed by atoms with Gasteiger partial charge in [-0.25, -0.2) is 4.79 Å². The summed E-state index contributed by atoms with van der Waals surface area (Å²) in [5.41, 5.74) is -0.543. The van der Waals surface area contributed by atoms with Gasteiger partial charge in [-0.3, -0.25) is 9.69 Å². The van der Waals surface area contributed by atoms with Gasteiger partial charge in [-0.15, -0.1) is 0 Å². The first-order valence-electron chi connectivity index (χ1n) is 5.94. The number of rotatable bonds is 3. The van der Waals surface area contributed by atoms with Crippen LogP contribution in [0.15, 0.2) is 0 Å². The van der Waals surface area contributed by atoms with E-state index in [0.717, 1.165) is 6.54 Å². The summed E-state index contributed by atoms with van der Waals surface area (Å²) in [6.45, 7) is 7.21. The van der Waals surface area contributed by atoms with Crippen LogP contribution in [-0.4, -0.2) is 54.2 Å². The van der Waals surface area contributed by atoms with Crippen LogP contribution in [-0.2, 0) is 4.79 Å². The van der Waals surface area contributed by atoms with Crippen LogP contribution in [0.3, 0.4) is 0 Å². The number of hydrogen-bond acceptors (Lipinski definition) is 3.